The first-order chi connectivity index (χ1) is 15.2. The smallest absolute Gasteiger partial charge is 0.131 e. The third-order valence-corrected chi connectivity index (χ3v) is 6.72. The summed E-state index contributed by atoms with van der Waals surface area (Å²) in [5.41, 5.74) is 6.35. The molecule has 1 aliphatic rings. The molecule has 0 amide bonds. The fourth-order valence-corrected chi connectivity index (χ4v) is 4.93. The predicted molar refractivity (Wildman–Crippen MR) is 131 cm³/mol. The van der Waals surface area contributed by atoms with Crippen LogP contribution >= 0.6 is 0 Å². The normalized spacial score (nSPS) is 19.1. The first kappa shape index (κ1) is 21.6. The Balaban J connectivity index is 1.47. The first-order valence-corrected chi connectivity index (χ1v) is 11.8. The summed E-state index contributed by atoms with van der Waals surface area (Å²) in [6, 6.07) is 22.7. The van der Waals surface area contributed by atoms with Gasteiger partial charge in [0.1, 0.15) is 5.82 Å². The standard InChI is InChI=1S/C30H33F/c1-3-5-22-7-11-24(12-8-22)25-15-17-26(18-16-25)28-19-20-29(30(31)21-28)27-13-9-23(6-4-2)10-14-27/h3,5,9-10,13-22,24H,4,6-8,11-12H2,1-2H3/b5-3+. The third-order valence-electron chi connectivity index (χ3n) is 6.72. The molecular formula is C30H33F. The monoisotopic (exact) mass is 412 g/mol. The predicted octanol–water partition coefficient (Wildman–Crippen LogP) is 8.96. The molecule has 0 aromatic heterocycles. The number of rotatable bonds is 6. The lowest BCUT2D eigenvalue weighted by Crippen LogP contribution is -2.11. The van der Waals surface area contributed by atoms with E-state index >= 15 is 0 Å². The minimum atomic E-state index is -0.160. The highest BCUT2D eigenvalue weighted by atomic mass is 19.1. The molecule has 0 N–H and O–H groups in total. The summed E-state index contributed by atoms with van der Waals surface area (Å²) in [5.74, 6) is 1.25. The summed E-state index contributed by atoms with van der Waals surface area (Å²) in [6.45, 7) is 4.29. The third kappa shape index (κ3) is 5.15. The van der Waals surface area contributed by atoms with E-state index in [0.29, 0.717) is 11.5 Å². The lowest BCUT2D eigenvalue weighted by Gasteiger charge is -2.27. The molecule has 0 radical (unpaired) electrons. The van der Waals surface area contributed by atoms with Crippen molar-refractivity contribution in [1.82, 2.24) is 0 Å². The number of hydrogen-bond donors (Lipinski definition) is 0. The van der Waals surface area contributed by atoms with E-state index in [-0.39, 0.29) is 5.82 Å². The lowest BCUT2D eigenvalue weighted by atomic mass is 9.78. The average molecular weight is 413 g/mol. The summed E-state index contributed by atoms with van der Waals surface area (Å²) in [5, 5.41) is 0. The van der Waals surface area contributed by atoms with Crippen LogP contribution < -0.4 is 0 Å². The Bertz CT molecular complexity index is 1000. The summed E-state index contributed by atoms with van der Waals surface area (Å²) < 4.78 is 14.9. The van der Waals surface area contributed by atoms with E-state index in [1.54, 1.807) is 6.07 Å². The fourth-order valence-electron chi connectivity index (χ4n) is 4.93. The van der Waals surface area contributed by atoms with Gasteiger partial charge in [-0.2, -0.15) is 0 Å². The molecule has 3 aromatic rings. The topological polar surface area (TPSA) is 0 Å². The molecule has 0 nitrogen and oxygen atoms in total. The van der Waals surface area contributed by atoms with Crippen molar-refractivity contribution in [3.05, 3.63) is 95.8 Å². The maximum Gasteiger partial charge on any atom is 0.131 e. The van der Waals surface area contributed by atoms with Gasteiger partial charge < -0.3 is 0 Å². The molecule has 0 spiro atoms. The molecule has 4 rings (SSSR count). The van der Waals surface area contributed by atoms with Gasteiger partial charge in [0.2, 0.25) is 0 Å². The van der Waals surface area contributed by atoms with Crippen LogP contribution in [0, 0.1) is 11.7 Å². The molecule has 0 unspecified atom stereocenters. The molecule has 31 heavy (non-hydrogen) atoms. The number of benzene rings is 3. The highest BCUT2D eigenvalue weighted by Crippen LogP contribution is 2.37. The first-order valence-electron chi connectivity index (χ1n) is 11.8. The number of hydrogen-bond acceptors (Lipinski definition) is 0. The van der Waals surface area contributed by atoms with Gasteiger partial charge in [0.15, 0.2) is 0 Å². The zero-order valence-electron chi connectivity index (χ0n) is 18.8. The van der Waals surface area contributed by atoms with Crippen molar-refractivity contribution in [2.45, 2.75) is 58.3 Å². The Morgan fingerprint density at radius 3 is 2.06 bits per heavy atom. The van der Waals surface area contributed by atoms with Crippen LogP contribution in [-0.4, -0.2) is 0 Å². The van der Waals surface area contributed by atoms with E-state index in [2.05, 4.69) is 62.4 Å². The van der Waals surface area contributed by atoms with Gasteiger partial charge in [-0.05, 0) is 84.7 Å². The van der Waals surface area contributed by atoms with Crippen molar-refractivity contribution < 1.29 is 4.39 Å². The second-order valence-corrected chi connectivity index (χ2v) is 8.90. The molecule has 0 heterocycles. The maximum absolute atomic E-state index is 14.9. The second-order valence-electron chi connectivity index (χ2n) is 8.90. The molecule has 0 saturated heterocycles. The van der Waals surface area contributed by atoms with Crippen LogP contribution in [0.2, 0.25) is 0 Å². The molecule has 1 aliphatic carbocycles. The van der Waals surface area contributed by atoms with Crippen molar-refractivity contribution in [3.63, 3.8) is 0 Å². The summed E-state index contributed by atoms with van der Waals surface area (Å²) >= 11 is 0. The molecular weight excluding hydrogens is 379 g/mol. The van der Waals surface area contributed by atoms with E-state index in [9.17, 15) is 4.39 Å². The van der Waals surface area contributed by atoms with Gasteiger partial charge in [-0.15, -0.1) is 0 Å². The van der Waals surface area contributed by atoms with Gasteiger partial charge in [-0.1, -0.05) is 86.2 Å². The van der Waals surface area contributed by atoms with Crippen LogP contribution in [0.4, 0.5) is 4.39 Å². The van der Waals surface area contributed by atoms with E-state index in [4.69, 9.17) is 0 Å². The molecule has 1 fully saturated rings. The summed E-state index contributed by atoms with van der Waals surface area (Å²) in [4.78, 5) is 0. The molecule has 0 atom stereocenters. The Morgan fingerprint density at radius 2 is 1.45 bits per heavy atom. The molecule has 0 bridgehead atoms. The van der Waals surface area contributed by atoms with Gasteiger partial charge in [0, 0.05) is 5.56 Å². The van der Waals surface area contributed by atoms with Crippen LogP contribution in [0.5, 0.6) is 0 Å². The fraction of sp³-hybridized carbons (Fsp3) is 0.333. The highest BCUT2D eigenvalue weighted by molar-refractivity contribution is 5.71. The Labute approximate surface area is 186 Å². The van der Waals surface area contributed by atoms with Gasteiger partial charge in [0.05, 0.1) is 0 Å². The van der Waals surface area contributed by atoms with Crippen LogP contribution in [0.15, 0.2) is 78.9 Å². The largest absolute Gasteiger partial charge is 0.206 e. The average Bonchev–Trinajstić information content (AvgIpc) is 2.81. The number of aryl methyl sites for hydroxylation is 1. The summed E-state index contributed by atoms with van der Waals surface area (Å²) in [6.07, 6.45) is 11.8. The Morgan fingerprint density at radius 1 is 0.806 bits per heavy atom. The van der Waals surface area contributed by atoms with Crippen molar-refractivity contribution in [3.8, 4) is 22.3 Å². The maximum atomic E-state index is 14.9. The van der Waals surface area contributed by atoms with Crippen molar-refractivity contribution in [2.24, 2.45) is 5.92 Å². The Hall–Kier alpha value is -2.67. The van der Waals surface area contributed by atoms with Crippen LogP contribution in [-0.2, 0) is 6.42 Å². The molecule has 160 valence electrons. The van der Waals surface area contributed by atoms with Crippen LogP contribution in [0.1, 0.15) is 63.0 Å². The zero-order valence-corrected chi connectivity index (χ0v) is 18.8. The van der Waals surface area contributed by atoms with Crippen molar-refractivity contribution in [2.75, 3.05) is 0 Å². The van der Waals surface area contributed by atoms with Crippen molar-refractivity contribution in [1.29, 1.82) is 0 Å². The minimum Gasteiger partial charge on any atom is -0.206 e. The van der Waals surface area contributed by atoms with Crippen LogP contribution in [0.3, 0.4) is 0 Å². The minimum absolute atomic E-state index is 0.160. The summed E-state index contributed by atoms with van der Waals surface area (Å²) in [7, 11) is 0. The quantitative estimate of drug-likeness (QED) is 0.354. The molecule has 0 aliphatic heterocycles. The second kappa shape index (κ2) is 10.1. The van der Waals surface area contributed by atoms with Gasteiger partial charge >= 0.3 is 0 Å². The van der Waals surface area contributed by atoms with E-state index in [1.807, 2.05) is 24.3 Å². The van der Waals surface area contributed by atoms with E-state index < -0.39 is 0 Å². The van der Waals surface area contributed by atoms with E-state index in [0.717, 1.165) is 35.4 Å². The highest BCUT2D eigenvalue weighted by Gasteiger charge is 2.20. The molecule has 1 saturated carbocycles. The lowest BCUT2D eigenvalue weighted by molar-refractivity contribution is 0.376. The van der Waals surface area contributed by atoms with Crippen molar-refractivity contribution >= 4 is 0 Å². The van der Waals surface area contributed by atoms with E-state index in [1.165, 1.54) is 36.8 Å². The zero-order chi connectivity index (χ0) is 21.6. The number of allylic oxidation sites excluding steroid dienone is 2. The van der Waals surface area contributed by atoms with Gasteiger partial charge in [-0.3, -0.25) is 0 Å². The number of halogens is 1. The SMILES string of the molecule is C/C=C/C1CCC(c2ccc(-c3ccc(-c4ccc(CCC)cc4)c(F)c3)cc2)CC1. The van der Waals surface area contributed by atoms with Gasteiger partial charge in [-0.25, -0.2) is 4.39 Å². The molecule has 3 aromatic carbocycles. The van der Waals surface area contributed by atoms with Gasteiger partial charge in [0.25, 0.3) is 0 Å². The van der Waals surface area contributed by atoms with Crippen LogP contribution in [0.25, 0.3) is 22.3 Å². The Kier molecular flexibility index (Phi) is 7.02. The molecule has 1 heteroatoms.